The summed E-state index contributed by atoms with van der Waals surface area (Å²) in [6, 6.07) is 6.75. The second-order valence-corrected chi connectivity index (χ2v) is 16.4. The van der Waals surface area contributed by atoms with Gasteiger partial charge in [-0.2, -0.15) is 0 Å². The summed E-state index contributed by atoms with van der Waals surface area (Å²) >= 11 is 3.74. The van der Waals surface area contributed by atoms with E-state index in [-0.39, 0.29) is 42.3 Å². The number of rotatable bonds is 15. The summed E-state index contributed by atoms with van der Waals surface area (Å²) in [6.07, 6.45) is 4.31. The van der Waals surface area contributed by atoms with Crippen molar-refractivity contribution in [1.82, 2.24) is 15.1 Å². The Bertz CT molecular complexity index is 1380. The first kappa shape index (κ1) is 37.8. The number of nitrogens with zero attached hydrogens (tertiary/aromatic N) is 2. The van der Waals surface area contributed by atoms with E-state index in [2.05, 4.69) is 55.2 Å². The molecule has 8 atom stereocenters. The minimum absolute atomic E-state index is 0.0976. The predicted octanol–water partition coefficient (Wildman–Crippen LogP) is 4.71. The summed E-state index contributed by atoms with van der Waals surface area (Å²) in [6.45, 7) is 19.4. The maximum Gasteiger partial charge on any atom is 0.306 e. The van der Waals surface area contributed by atoms with Crippen molar-refractivity contribution in [3.05, 3.63) is 61.2 Å². The molecule has 3 fully saturated rings. The van der Waals surface area contributed by atoms with Crippen molar-refractivity contribution < 1.29 is 33.8 Å². The molecule has 3 saturated heterocycles. The lowest BCUT2D eigenvalue weighted by Crippen LogP contribution is -2.62. The molecule has 264 valence electrons. The number of benzene rings is 1. The van der Waals surface area contributed by atoms with Crippen LogP contribution in [0.1, 0.15) is 78.8 Å². The number of aliphatic hydroxyl groups excluding tert-OH is 1. The minimum Gasteiger partial charge on any atom is -0.463 e. The lowest BCUT2D eigenvalue weighted by molar-refractivity contribution is -0.155. The number of amides is 3. The Labute approximate surface area is 293 Å². The van der Waals surface area contributed by atoms with Crippen LogP contribution in [0, 0.1) is 17.3 Å². The lowest BCUT2D eigenvalue weighted by Gasteiger charge is -2.46. The third-order valence-corrected chi connectivity index (χ3v) is 10.6. The Morgan fingerprint density at radius 2 is 1.85 bits per heavy atom. The number of carbonyl (C=O) groups is 4. The first-order chi connectivity index (χ1) is 22.5. The van der Waals surface area contributed by atoms with Crippen molar-refractivity contribution in [1.29, 1.82) is 0 Å². The van der Waals surface area contributed by atoms with Gasteiger partial charge < -0.3 is 29.7 Å². The van der Waals surface area contributed by atoms with Crippen LogP contribution in [0.25, 0.3) is 0 Å². The first-order valence-corrected chi connectivity index (χ1v) is 17.7. The number of carbonyl (C=O) groups excluding carboxylic acids is 4. The van der Waals surface area contributed by atoms with E-state index in [9.17, 15) is 24.3 Å². The molecule has 4 rings (SSSR count). The molecule has 3 heterocycles. The Kier molecular flexibility index (Phi) is 11.7. The standard InChI is InChI=1S/C37H52BrN3O7/c1-9-11-17-27(43)47-21-26(24-15-13-12-14-16-24)39-32(44)28-29-33(45)41(23(3)20-42)31(37(29)19-25(38)30(28)48-37)34(46)40(18-10-2)36(7,8)22-35(4,5)6/h9-10,12-16,23,25-26,28-31,42H,1-2,11,17-22H2,3-8H3,(H,39,44)/t23-,25?,26+,28-,29+,30-,31-,37+/m1/s1. The van der Waals surface area contributed by atoms with Gasteiger partial charge >= 0.3 is 5.97 Å². The number of ether oxygens (including phenoxy) is 2. The minimum atomic E-state index is -1.30. The van der Waals surface area contributed by atoms with E-state index in [1.807, 2.05) is 44.2 Å². The van der Waals surface area contributed by atoms with Crippen LogP contribution < -0.4 is 5.32 Å². The molecule has 48 heavy (non-hydrogen) atoms. The van der Waals surface area contributed by atoms with Crippen molar-refractivity contribution in [2.75, 3.05) is 19.8 Å². The molecule has 1 spiro atoms. The fraction of sp³-hybridized carbons (Fsp3) is 0.622. The molecule has 0 aromatic heterocycles. The number of hydrogen-bond acceptors (Lipinski definition) is 7. The van der Waals surface area contributed by atoms with Crippen LogP contribution in [0.15, 0.2) is 55.6 Å². The average Bonchev–Trinajstić information content (AvgIpc) is 3.62. The summed E-state index contributed by atoms with van der Waals surface area (Å²) in [5.74, 6) is -3.41. The van der Waals surface area contributed by atoms with Crippen LogP contribution in [0.3, 0.4) is 0 Å². The highest BCUT2D eigenvalue weighted by molar-refractivity contribution is 9.09. The van der Waals surface area contributed by atoms with Gasteiger partial charge in [0.1, 0.15) is 18.2 Å². The number of allylic oxidation sites excluding steroid dienone is 1. The van der Waals surface area contributed by atoms with E-state index in [0.717, 1.165) is 5.56 Å². The van der Waals surface area contributed by atoms with Crippen molar-refractivity contribution in [3.63, 3.8) is 0 Å². The van der Waals surface area contributed by atoms with Crippen LogP contribution >= 0.6 is 15.9 Å². The van der Waals surface area contributed by atoms with Gasteiger partial charge in [0.15, 0.2) is 0 Å². The molecule has 0 saturated carbocycles. The molecule has 0 aliphatic carbocycles. The largest absolute Gasteiger partial charge is 0.463 e. The van der Waals surface area contributed by atoms with Gasteiger partial charge in [-0.05, 0) is 51.0 Å². The molecule has 10 nitrogen and oxygen atoms in total. The monoisotopic (exact) mass is 729 g/mol. The van der Waals surface area contributed by atoms with E-state index in [1.165, 1.54) is 4.90 Å². The molecule has 3 aliphatic heterocycles. The summed E-state index contributed by atoms with van der Waals surface area (Å²) in [5, 5.41) is 13.4. The van der Waals surface area contributed by atoms with E-state index in [0.29, 0.717) is 19.3 Å². The van der Waals surface area contributed by atoms with Crippen LogP contribution in [0.2, 0.25) is 0 Å². The summed E-state index contributed by atoms with van der Waals surface area (Å²) in [7, 11) is 0. The number of alkyl halides is 1. The topological polar surface area (TPSA) is 125 Å². The number of nitrogens with one attached hydrogen (secondary N) is 1. The van der Waals surface area contributed by atoms with Gasteiger partial charge in [0.05, 0.1) is 36.6 Å². The van der Waals surface area contributed by atoms with E-state index >= 15 is 0 Å². The highest BCUT2D eigenvalue weighted by Crippen LogP contribution is 2.60. The average molecular weight is 731 g/mol. The number of esters is 1. The van der Waals surface area contributed by atoms with Crippen molar-refractivity contribution in [2.24, 2.45) is 17.3 Å². The van der Waals surface area contributed by atoms with Gasteiger partial charge in [-0.3, -0.25) is 19.2 Å². The zero-order chi connectivity index (χ0) is 35.6. The van der Waals surface area contributed by atoms with E-state index in [4.69, 9.17) is 9.47 Å². The zero-order valence-corrected chi connectivity index (χ0v) is 30.7. The van der Waals surface area contributed by atoms with Gasteiger partial charge in [0.2, 0.25) is 17.7 Å². The smallest absolute Gasteiger partial charge is 0.306 e. The summed E-state index contributed by atoms with van der Waals surface area (Å²) < 4.78 is 12.2. The Balaban J connectivity index is 1.71. The van der Waals surface area contributed by atoms with Gasteiger partial charge in [-0.25, -0.2) is 0 Å². The summed E-state index contributed by atoms with van der Waals surface area (Å²) in [4.78, 5) is 59.0. The van der Waals surface area contributed by atoms with Crippen LogP contribution in [0.5, 0.6) is 0 Å². The van der Waals surface area contributed by atoms with Crippen molar-refractivity contribution in [2.45, 2.75) is 107 Å². The van der Waals surface area contributed by atoms with E-state index in [1.54, 1.807) is 24.0 Å². The number of hydrogen-bond donors (Lipinski definition) is 2. The number of fused-ring (bicyclic) bond motifs is 1. The van der Waals surface area contributed by atoms with Crippen LogP contribution in [-0.2, 0) is 28.7 Å². The quantitative estimate of drug-likeness (QED) is 0.152. The van der Waals surface area contributed by atoms with Crippen LogP contribution in [-0.4, -0.2) is 92.5 Å². The molecule has 3 amide bonds. The van der Waals surface area contributed by atoms with Crippen LogP contribution in [0.4, 0.5) is 0 Å². The second-order valence-electron chi connectivity index (χ2n) is 15.2. The Morgan fingerprint density at radius 1 is 1.19 bits per heavy atom. The molecule has 1 aromatic carbocycles. The highest BCUT2D eigenvalue weighted by Gasteiger charge is 2.77. The molecule has 2 bridgehead atoms. The normalized spacial score (nSPS) is 27.6. The molecule has 11 heteroatoms. The fourth-order valence-corrected chi connectivity index (χ4v) is 9.10. The molecule has 3 aliphatic rings. The summed E-state index contributed by atoms with van der Waals surface area (Å²) in [5.41, 5.74) is -1.27. The number of likely N-dealkylation sites (tertiary alicyclic amines) is 1. The predicted molar refractivity (Wildman–Crippen MR) is 187 cm³/mol. The fourth-order valence-electron chi connectivity index (χ4n) is 8.16. The number of aliphatic hydroxyl groups is 1. The van der Waals surface area contributed by atoms with Crippen molar-refractivity contribution >= 4 is 39.6 Å². The third-order valence-electron chi connectivity index (χ3n) is 9.76. The highest BCUT2D eigenvalue weighted by atomic mass is 79.9. The third kappa shape index (κ3) is 7.43. The molecule has 2 N–H and O–H groups in total. The van der Waals surface area contributed by atoms with Crippen molar-refractivity contribution in [3.8, 4) is 0 Å². The molecule has 1 aromatic rings. The van der Waals surface area contributed by atoms with E-state index < -0.39 is 65.0 Å². The Hall–Kier alpha value is -3.02. The second kappa shape index (κ2) is 14.8. The first-order valence-electron chi connectivity index (χ1n) is 16.8. The van der Waals surface area contributed by atoms with Gasteiger partial charge in [-0.15, -0.1) is 13.2 Å². The molecular formula is C37H52BrN3O7. The van der Waals surface area contributed by atoms with Gasteiger partial charge in [-0.1, -0.05) is 79.2 Å². The lowest BCUT2D eigenvalue weighted by atomic mass is 9.70. The molecule has 1 unspecified atom stereocenters. The number of halogens is 1. The zero-order valence-electron chi connectivity index (χ0n) is 29.1. The van der Waals surface area contributed by atoms with Gasteiger partial charge in [0.25, 0.3) is 0 Å². The molecular weight excluding hydrogens is 678 g/mol. The maximum absolute atomic E-state index is 14.9. The molecule has 0 radical (unpaired) electrons. The van der Waals surface area contributed by atoms with Gasteiger partial charge in [0, 0.05) is 23.3 Å². The SMILES string of the molecule is C=CCCC(=O)OC[C@H](NC(=O)[C@H]1[C@@H]2O[C@@]3(CC2Br)[C@@H]1C(=O)N([C@H](C)CO)[C@@H]3C(=O)N(CC=C)C(C)(C)CC(C)(C)C)c1ccccc1. The Morgan fingerprint density at radius 3 is 2.44 bits per heavy atom. The maximum atomic E-state index is 14.9.